The molecule has 158 valence electrons. The molecular weight excluding hydrogens is 460 g/mol. The monoisotopic (exact) mass is 479 g/mol. The van der Waals surface area contributed by atoms with Crippen molar-refractivity contribution in [3.63, 3.8) is 0 Å². The zero-order chi connectivity index (χ0) is 21.8. The van der Waals surface area contributed by atoms with E-state index in [4.69, 9.17) is 14.3 Å². The van der Waals surface area contributed by atoms with E-state index in [1.165, 1.54) is 19.2 Å². The molecule has 0 aromatic heterocycles. The average Bonchev–Trinajstić information content (AvgIpc) is 2.85. The number of halogens is 3. The molecule has 0 aliphatic carbocycles. The maximum Gasteiger partial charge on any atom is 0.337 e. The Bertz CT molecular complexity index is 1040. The molecule has 5 nitrogen and oxygen atoms in total. The van der Waals surface area contributed by atoms with Gasteiger partial charge < -0.3 is 9.47 Å². The van der Waals surface area contributed by atoms with Crippen LogP contribution in [-0.2, 0) is 20.9 Å². The van der Waals surface area contributed by atoms with Gasteiger partial charge in [-0.25, -0.2) is 18.6 Å². The van der Waals surface area contributed by atoms with E-state index in [0.29, 0.717) is 27.2 Å². The fraction of sp³-hybridized carbons (Fsp3) is 0.227. The quantitative estimate of drug-likeness (QED) is 0.527. The molecule has 3 rings (SSSR count). The first-order valence-electron chi connectivity index (χ1n) is 9.06. The van der Waals surface area contributed by atoms with Crippen molar-refractivity contribution in [3.8, 4) is 0 Å². The Labute approximate surface area is 181 Å². The standard InChI is InChI=1S/C22H20BrF2NO4/c1-13-4-5-15(22(27)28-3)9-20(13)26-14(2)8-21(18(23)12-30-26)29-11-16-6-7-17(24)10-19(16)25/h4-10H,11-12H2,1-3H3. The van der Waals surface area contributed by atoms with Crippen LogP contribution in [0.3, 0.4) is 0 Å². The second-order valence-electron chi connectivity index (χ2n) is 6.64. The molecule has 1 heterocycles. The maximum absolute atomic E-state index is 13.9. The molecular formula is C22H20BrF2NO4. The minimum atomic E-state index is -0.672. The molecule has 0 unspecified atom stereocenters. The molecule has 0 saturated carbocycles. The van der Waals surface area contributed by atoms with E-state index >= 15 is 0 Å². The molecule has 0 atom stereocenters. The van der Waals surface area contributed by atoms with E-state index in [9.17, 15) is 13.6 Å². The van der Waals surface area contributed by atoms with Crippen LogP contribution in [-0.4, -0.2) is 19.7 Å². The van der Waals surface area contributed by atoms with E-state index in [0.717, 1.165) is 11.6 Å². The van der Waals surface area contributed by atoms with E-state index < -0.39 is 17.6 Å². The molecule has 0 bridgehead atoms. The van der Waals surface area contributed by atoms with Gasteiger partial charge in [0.1, 0.15) is 30.6 Å². The van der Waals surface area contributed by atoms with Gasteiger partial charge in [-0.3, -0.25) is 4.84 Å². The minimum absolute atomic E-state index is 0.0722. The van der Waals surface area contributed by atoms with Gasteiger partial charge in [0.2, 0.25) is 0 Å². The molecule has 0 fully saturated rings. The van der Waals surface area contributed by atoms with Crippen LogP contribution in [0.5, 0.6) is 0 Å². The van der Waals surface area contributed by atoms with Crippen molar-refractivity contribution in [2.75, 3.05) is 18.8 Å². The Morgan fingerprint density at radius 1 is 1.20 bits per heavy atom. The van der Waals surface area contributed by atoms with Gasteiger partial charge in [0, 0.05) is 23.4 Å². The number of carbonyl (C=O) groups is 1. The number of hydrogen-bond donors (Lipinski definition) is 0. The average molecular weight is 480 g/mol. The number of anilines is 1. The number of hydroxylamine groups is 1. The van der Waals surface area contributed by atoms with Crippen LogP contribution in [0.15, 0.2) is 58.4 Å². The lowest BCUT2D eigenvalue weighted by molar-refractivity contribution is 0.0600. The second-order valence-corrected chi connectivity index (χ2v) is 7.60. The molecule has 0 amide bonds. The largest absolute Gasteiger partial charge is 0.488 e. The number of rotatable bonds is 5. The van der Waals surface area contributed by atoms with E-state index in [1.807, 2.05) is 13.8 Å². The summed E-state index contributed by atoms with van der Waals surface area (Å²) in [6.45, 7) is 3.79. The Kier molecular flexibility index (Phi) is 6.89. The molecule has 1 aliphatic heterocycles. The summed E-state index contributed by atoms with van der Waals surface area (Å²) < 4.78 is 38.1. The molecule has 0 saturated heterocycles. The third-order valence-electron chi connectivity index (χ3n) is 4.50. The summed E-state index contributed by atoms with van der Waals surface area (Å²) >= 11 is 3.43. The van der Waals surface area contributed by atoms with Crippen LogP contribution in [0.2, 0.25) is 0 Å². The number of benzene rings is 2. The predicted molar refractivity (Wildman–Crippen MR) is 112 cm³/mol. The molecule has 0 spiro atoms. The van der Waals surface area contributed by atoms with Gasteiger partial charge in [-0.15, -0.1) is 0 Å². The number of hydrogen-bond acceptors (Lipinski definition) is 5. The normalized spacial score (nSPS) is 14.3. The molecule has 0 radical (unpaired) electrons. The highest BCUT2D eigenvalue weighted by molar-refractivity contribution is 9.11. The van der Waals surface area contributed by atoms with Gasteiger partial charge in [0.05, 0.1) is 22.8 Å². The minimum Gasteiger partial charge on any atom is -0.488 e. The van der Waals surface area contributed by atoms with Crippen molar-refractivity contribution in [2.45, 2.75) is 20.5 Å². The topological polar surface area (TPSA) is 48.0 Å². The van der Waals surface area contributed by atoms with Crippen LogP contribution in [0.4, 0.5) is 14.5 Å². The van der Waals surface area contributed by atoms with Gasteiger partial charge in [-0.1, -0.05) is 6.07 Å². The van der Waals surface area contributed by atoms with E-state index in [1.54, 1.807) is 29.3 Å². The summed E-state index contributed by atoms with van der Waals surface area (Å²) in [6.07, 6.45) is 1.74. The Hall–Kier alpha value is -2.71. The van der Waals surface area contributed by atoms with Crippen molar-refractivity contribution in [1.29, 1.82) is 0 Å². The van der Waals surface area contributed by atoms with Crippen molar-refractivity contribution in [1.82, 2.24) is 0 Å². The number of esters is 1. The number of nitrogens with zero attached hydrogens (tertiary/aromatic N) is 1. The van der Waals surface area contributed by atoms with Crippen molar-refractivity contribution >= 4 is 27.6 Å². The van der Waals surface area contributed by atoms with E-state index in [2.05, 4.69) is 15.9 Å². The van der Waals surface area contributed by atoms with Gasteiger partial charge in [0.25, 0.3) is 0 Å². The highest BCUT2D eigenvalue weighted by Crippen LogP contribution is 2.31. The first kappa shape index (κ1) is 22.0. The Balaban J connectivity index is 1.84. The first-order chi connectivity index (χ1) is 14.3. The number of allylic oxidation sites excluding steroid dienone is 2. The maximum atomic E-state index is 13.9. The van der Waals surface area contributed by atoms with Crippen LogP contribution in [0, 0.1) is 18.6 Å². The van der Waals surface area contributed by atoms with Crippen LogP contribution >= 0.6 is 15.9 Å². The van der Waals surface area contributed by atoms with E-state index in [-0.39, 0.29) is 18.8 Å². The summed E-state index contributed by atoms with van der Waals surface area (Å²) in [5.74, 6) is -1.30. The zero-order valence-electron chi connectivity index (χ0n) is 16.7. The third kappa shape index (κ3) is 4.88. The number of carbonyl (C=O) groups excluding carboxylic acids is 1. The zero-order valence-corrected chi connectivity index (χ0v) is 18.3. The number of ether oxygens (including phenoxy) is 2. The highest BCUT2D eigenvalue weighted by atomic mass is 79.9. The van der Waals surface area contributed by atoms with Crippen LogP contribution in [0.1, 0.15) is 28.4 Å². The molecule has 30 heavy (non-hydrogen) atoms. The lowest BCUT2D eigenvalue weighted by atomic mass is 10.1. The summed E-state index contributed by atoms with van der Waals surface area (Å²) in [6, 6.07) is 8.52. The molecule has 0 N–H and O–H groups in total. The Morgan fingerprint density at radius 2 is 1.97 bits per heavy atom. The number of methoxy groups -OCH3 is 1. The summed E-state index contributed by atoms with van der Waals surface area (Å²) in [7, 11) is 1.32. The molecule has 8 heteroatoms. The second kappa shape index (κ2) is 9.40. The third-order valence-corrected chi connectivity index (χ3v) is 5.12. The molecule has 1 aliphatic rings. The van der Waals surface area contributed by atoms with Gasteiger partial charge >= 0.3 is 5.97 Å². The predicted octanol–water partition coefficient (Wildman–Crippen LogP) is 5.54. The number of aryl methyl sites for hydroxylation is 1. The summed E-state index contributed by atoms with van der Waals surface area (Å²) in [5.41, 5.74) is 2.89. The van der Waals surface area contributed by atoms with Gasteiger partial charge in [-0.2, -0.15) is 0 Å². The van der Waals surface area contributed by atoms with Crippen LogP contribution in [0.25, 0.3) is 0 Å². The fourth-order valence-electron chi connectivity index (χ4n) is 2.87. The lowest BCUT2D eigenvalue weighted by Crippen LogP contribution is -2.22. The summed E-state index contributed by atoms with van der Waals surface area (Å²) in [5, 5.41) is 1.60. The molecule has 2 aromatic rings. The SMILES string of the molecule is COC(=O)c1ccc(C)c(N2OCC(Br)=C(OCc3ccc(F)cc3F)C=C2C)c1. The highest BCUT2D eigenvalue weighted by Gasteiger charge is 2.21. The van der Waals surface area contributed by atoms with Crippen LogP contribution < -0.4 is 5.06 Å². The van der Waals surface area contributed by atoms with Crippen molar-refractivity contribution in [3.05, 3.63) is 86.7 Å². The van der Waals surface area contributed by atoms with Gasteiger partial charge in [-0.05, 0) is 59.6 Å². The van der Waals surface area contributed by atoms with Crippen molar-refractivity contribution < 1.29 is 27.9 Å². The smallest absolute Gasteiger partial charge is 0.337 e. The Morgan fingerprint density at radius 3 is 2.67 bits per heavy atom. The molecule has 2 aromatic carbocycles. The first-order valence-corrected chi connectivity index (χ1v) is 9.85. The lowest BCUT2D eigenvalue weighted by Gasteiger charge is -2.25. The van der Waals surface area contributed by atoms with Gasteiger partial charge in [0.15, 0.2) is 0 Å². The fourth-order valence-corrected chi connectivity index (χ4v) is 3.20. The summed E-state index contributed by atoms with van der Waals surface area (Å²) in [4.78, 5) is 17.8. The van der Waals surface area contributed by atoms with Crippen molar-refractivity contribution in [2.24, 2.45) is 0 Å².